The molecule has 2 aromatic carbocycles. The van der Waals surface area contributed by atoms with Gasteiger partial charge in [0, 0.05) is 6.04 Å². The highest BCUT2D eigenvalue weighted by Gasteiger charge is 2.26. The normalized spacial score (nSPS) is 16.7. The third-order valence-corrected chi connectivity index (χ3v) is 7.05. The van der Waals surface area contributed by atoms with Gasteiger partial charge in [-0.1, -0.05) is 61.2 Å². The lowest BCUT2D eigenvalue weighted by Crippen LogP contribution is -2.36. The van der Waals surface area contributed by atoms with Gasteiger partial charge in [0.1, 0.15) is 0 Å². The largest absolute Gasteiger partial charge is 0.293 e. The number of benzene rings is 2. The van der Waals surface area contributed by atoms with Gasteiger partial charge in [-0.3, -0.25) is 9.62 Å². The van der Waals surface area contributed by atoms with E-state index in [1.807, 2.05) is 49.4 Å². The standard InChI is InChI=1S/C23H30N2O2S/c1-4-23(25(3)19-10-6-5-7-11-19)21-12-8-9-13-22(21)24-28(26,27)20-16-14-18(2)15-17-20/h4,8-9,12-17,19,23-24H,1,5-7,10-11H2,2-3H3/t23-/m0/s1. The predicted molar refractivity (Wildman–Crippen MR) is 116 cm³/mol. The lowest BCUT2D eigenvalue weighted by Gasteiger charge is -2.36. The minimum Gasteiger partial charge on any atom is -0.293 e. The Hall–Kier alpha value is -2.11. The highest BCUT2D eigenvalue weighted by Crippen LogP contribution is 2.33. The predicted octanol–water partition coefficient (Wildman–Crippen LogP) is 5.29. The fourth-order valence-corrected chi connectivity index (χ4v) is 5.08. The van der Waals surface area contributed by atoms with E-state index < -0.39 is 10.0 Å². The summed E-state index contributed by atoms with van der Waals surface area (Å²) in [7, 11) is -1.53. The number of para-hydroxylation sites is 1. The van der Waals surface area contributed by atoms with Crippen LogP contribution in [-0.4, -0.2) is 26.4 Å². The van der Waals surface area contributed by atoms with Crippen molar-refractivity contribution in [3.63, 3.8) is 0 Å². The fraction of sp³-hybridized carbons (Fsp3) is 0.391. The number of hydrogen-bond acceptors (Lipinski definition) is 3. The van der Waals surface area contributed by atoms with Gasteiger partial charge in [-0.25, -0.2) is 8.42 Å². The first kappa shape index (κ1) is 20.6. The highest BCUT2D eigenvalue weighted by atomic mass is 32.2. The van der Waals surface area contributed by atoms with Crippen LogP contribution >= 0.6 is 0 Å². The lowest BCUT2D eigenvalue weighted by molar-refractivity contribution is 0.161. The van der Waals surface area contributed by atoms with Crippen LogP contribution in [0.15, 0.2) is 66.1 Å². The first-order chi connectivity index (χ1) is 13.4. The van der Waals surface area contributed by atoms with Crippen LogP contribution in [0.2, 0.25) is 0 Å². The van der Waals surface area contributed by atoms with Crippen LogP contribution in [0.1, 0.15) is 49.3 Å². The molecule has 0 radical (unpaired) electrons. The van der Waals surface area contributed by atoms with E-state index in [4.69, 9.17) is 0 Å². The zero-order valence-corrected chi connectivity index (χ0v) is 17.6. The molecule has 2 aromatic rings. The van der Waals surface area contributed by atoms with E-state index in [1.54, 1.807) is 12.1 Å². The van der Waals surface area contributed by atoms with Crippen molar-refractivity contribution in [2.45, 2.75) is 56.0 Å². The molecule has 0 aromatic heterocycles. The highest BCUT2D eigenvalue weighted by molar-refractivity contribution is 7.92. The Kier molecular flexibility index (Phi) is 6.57. The second-order valence-corrected chi connectivity index (χ2v) is 9.33. The molecule has 0 unspecified atom stereocenters. The molecule has 1 saturated carbocycles. The number of hydrogen-bond donors (Lipinski definition) is 1. The first-order valence-corrected chi connectivity index (χ1v) is 11.4. The van der Waals surface area contributed by atoms with Crippen molar-refractivity contribution in [1.82, 2.24) is 4.90 Å². The zero-order chi connectivity index (χ0) is 20.1. The summed E-state index contributed by atoms with van der Waals surface area (Å²) in [5, 5.41) is 0. The van der Waals surface area contributed by atoms with Gasteiger partial charge >= 0.3 is 0 Å². The van der Waals surface area contributed by atoms with E-state index in [0.29, 0.717) is 11.7 Å². The van der Waals surface area contributed by atoms with Gasteiger partial charge in [0.15, 0.2) is 0 Å². The third-order valence-electron chi connectivity index (χ3n) is 5.67. The van der Waals surface area contributed by atoms with Crippen LogP contribution in [0.3, 0.4) is 0 Å². The van der Waals surface area contributed by atoms with Crippen molar-refractivity contribution in [3.05, 3.63) is 72.3 Å². The molecule has 0 amide bonds. The molecule has 28 heavy (non-hydrogen) atoms. The van der Waals surface area contributed by atoms with E-state index >= 15 is 0 Å². The van der Waals surface area contributed by atoms with Gasteiger partial charge in [0.05, 0.1) is 16.6 Å². The van der Waals surface area contributed by atoms with Crippen LogP contribution in [0.5, 0.6) is 0 Å². The third kappa shape index (κ3) is 4.65. The Labute approximate surface area is 169 Å². The molecule has 3 rings (SSSR count). The number of nitrogens with zero attached hydrogens (tertiary/aromatic N) is 1. The Morgan fingerprint density at radius 2 is 1.71 bits per heavy atom. The molecule has 1 aliphatic carbocycles. The SMILES string of the molecule is C=C[C@@H](c1ccccc1NS(=O)(=O)c1ccc(C)cc1)N(C)C1CCCCC1. The smallest absolute Gasteiger partial charge is 0.261 e. The summed E-state index contributed by atoms with van der Waals surface area (Å²) in [5.41, 5.74) is 2.57. The van der Waals surface area contributed by atoms with Crippen molar-refractivity contribution in [3.8, 4) is 0 Å². The van der Waals surface area contributed by atoms with Crippen molar-refractivity contribution >= 4 is 15.7 Å². The van der Waals surface area contributed by atoms with E-state index in [9.17, 15) is 8.42 Å². The molecular weight excluding hydrogens is 368 g/mol. The van der Waals surface area contributed by atoms with Gasteiger partial charge in [-0.2, -0.15) is 0 Å². The monoisotopic (exact) mass is 398 g/mol. The van der Waals surface area contributed by atoms with Crippen LogP contribution < -0.4 is 4.72 Å². The van der Waals surface area contributed by atoms with E-state index in [-0.39, 0.29) is 10.9 Å². The van der Waals surface area contributed by atoms with Gasteiger partial charge in [0.2, 0.25) is 0 Å². The molecule has 0 spiro atoms. The van der Waals surface area contributed by atoms with Gasteiger partial charge in [-0.05, 0) is 50.6 Å². The summed E-state index contributed by atoms with van der Waals surface area (Å²) in [6, 6.07) is 15.0. The van der Waals surface area contributed by atoms with Gasteiger partial charge in [0.25, 0.3) is 10.0 Å². The molecule has 1 atom stereocenters. The molecule has 0 heterocycles. The summed E-state index contributed by atoms with van der Waals surface area (Å²) < 4.78 is 28.6. The van der Waals surface area contributed by atoms with Crippen LogP contribution in [0, 0.1) is 6.92 Å². The number of nitrogens with one attached hydrogen (secondary N) is 1. The van der Waals surface area contributed by atoms with Crippen LogP contribution in [-0.2, 0) is 10.0 Å². The quantitative estimate of drug-likeness (QED) is 0.645. The number of likely N-dealkylation sites (N-methyl/N-ethyl adjacent to an activating group) is 1. The maximum absolute atomic E-state index is 12.9. The van der Waals surface area contributed by atoms with Crippen LogP contribution in [0.25, 0.3) is 0 Å². The second-order valence-electron chi connectivity index (χ2n) is 7.64. The Morgan fingerprint density at radius 1 is 1.07 bits per heavy atom. The topological polar surface area (TPSA) is 49.4 Å². The van der Waals surface area contributed by atoms with Crippen molar-refractivity contribution in [1.29, 1.82) is 0 Å². The Morgan fingerprint density at radius 3 is 2.36 bits per heavy atom. The zero-order valence-electron chi connectivity index (χ0n) is 16.8. The van der Waals surface area contributed by atoms with E-state index in [1.165, 1.54) is 32.1 Å². The molecule has 1 N–H and O–H groups in total. The molecule has 0 bridgehead atoms. The first-order valence-electron chi connectivity index (χ1n) is 9.95. The molecule has 0 saturated heterocycles. The van der Waals surface area contributed by atoms with E-state index in [2.05, 4.69) is 23.2 Å². The van der Waals surface area contributed by atoms with Gasteiger partial charge in [-0.15, -0.1) is 6.58 Å². The fourth-order valence-electron chi connectivity index (χ4n) is 4.00. The summed E-state index contributed by atoms with van der Waals surface area (Å²) in [5.74, 6) is 0. The summed E-state index contributed by atoms with van der Waals surface area (Å²) in [6.45, 7) is 5.98. The average Bonchev–Trinajstić information content (AvgIpc) is 2.70. The van der Waals surface area contributed by atoms with Crippen molar-refractivity contribution in [2.75, 3.05) is 11.8 Å². The number of sulfonamides is 1. The Balaban J connectivity index is 1.89. The molecule has 0 aliphatic heterocycles. The van der Waals surface area contributed by atoms with E-state index in [0.717, 1.165) is 11.1 Å². The van der Waals surface area contributed by atoms with Crippen LogP contribution in [0.4, 0.5) is 5.69 Å². The minimum atomic E-state index is -3.65. The Bertz CT molecular complexity index is 900. The summed E-state index contributed by atoms with van der Waals surface area (Å²) in [6.07, 6.45) is 8.07. The van der Waals surface area contributed by atoms with Gasteiger partial charge < -0.3 is 0 Å². The van der Waals surface area contributed by atoms with Crippen molar-refractivity contribution in [2.24, 2.45) is 0 Å². The molecule has 4 nitrogen and oxygen atoms in total. The molecule has 1 fully saturated rings. The summed E-state index contributed by atoms with van der Waals surface area (Å²) >= 11 is 0. The minimum absolute atomic E-state index is 0.0417. The van der Waals surface area contributed by atoms with Crippen molar-refractivity contribution < 1.29 is 8.42 Å². The second kappa shape index (κ2) is 8.93. The number of aryl methyl sites for hydroxylation is 1. The number of anilines is 1. The molecular formula is C23H30N2O2S. The maximum Gasteiger partial charge on any atom is 0.261 e. The molecule has 150 valence electrons. The molecule has 1 aliphatic rings. The maximum atomic E-state index is 12.9. The number of rotatable bonds is 7. The lowest BCUT2D eigenvalue weighted by atomic mass is 9.92. The average molecular weight is 399 g/mol. The molecule has 5 heteroatoms. The summed E-state index contributed by atoms with van der Waals surface area (Å²) in [4.78, 5) is 2.61.